The average molecular weight is 488 g/mol. The van der Waals surface area contributed by atoms with Gasteiger partial charge in [-0.25, -0.2) is 9.78 Å². The van der Waals surface area contributed by atoms with Crippen LogP contribution in [0.2, 0.25) is 0 Å². The molecule has 0 amide bonds. The van der Waals surface area contributed by atoms with Gasteiger partial charge in [-0.2, -0.15) is 0 Å². The Hall–Kier alpha value is -3.09. The maximum absolute atomic E-state index is 11.9. The molecule has 190 valence electrons. The molecular formula is C30H37N3O3. The smallest absolute Gasteiger partial charge is 0.332 e. The van der Waals surface area contributed by atoms with E-state index in [1.165, 1.54) is 0 Å². The molecule has 6 nitrogen and oxygen atoms in total. The van der Waals surface area contributed by atoms with Crippen molar-refractivity contribution in [3.05, 3.63) is 72.6 Å². The third-order valence-electron chi connectivity index (χ3n) is 6.26. The van der Waals surface area contributed by atoms with Gasteiger partial charge < -0.3 is 14.8 Å². The normalized spacial score (nSPS) is 18.1. The summed E-state index contributed by atoms with van der Waals surface area (Å²) in [5.74, 6) is -0.294. The van der Waals surface area contributed by atoms with Crippen LogP contribution in [0.3, 0.4) is 0 Å². The molecule has 2 aromatic carbocycles. The predicted octanol–water partition coefficient (Wildman–Crippen LogP) is 5.61. The van der Waals surface area contributed by atoms with Crippen LogP contribution in [-0.2, 0) is 20.7 Å². The van der Waals surface area contributed by atoms with E-state index in [2.05, 4.69) is 29.6 Å². The maximum Gasteiger partial charge on any atom is 0.332 e. The molecule has 36 heavy (non-hydrogen) atoms. The van der Waals surface area contributed by atoms with Gasteiger partial charge >= 0.3 is 5.97 Å². The molecule has 1 aliphatic carbocycles. The van der Waals surface area contributed by atoms with Crippen molar-refractivity contribution in [2.75, 3.05) is 13.2 Å². The number of ether oxygens (including phenoxy) is 2. The van der Waals surface area contributed by atoms with Crippen LogP contribution in [-0.4, -0.2) is 46.8 Å². The van der Waals surface area contributed by atoms with Gasteiger partial charge in [0.25, 0.3) is 0 Å². The van der Waals surface area contributed by atoms with Crippen LogP contribution in [0.5, 0.6) is 0 Å². The van der Waals surface area contributed by atoms with Gasteiger partial charge in [-0.05, 0) is 46.5 Å². The molecule has 0 radical (unpaired) electrons. The first-order chi connectivity index (χ1) is 17.4. The van der Waals surface area contributed by atoms with Crippen LogP contribution in [0.1, 0.15) is 52.1 Å². The lowest BCUT2D eigenvalue weighted by atomic mass is 9.93. The van der Waals surface area contributed by atoms with Gasteiger partial charge in [-0.3, -0.25) is 4.98 Å². The maximum atomic E-state index is 11.9. The van der Waals surface area contributed by atoms with Crippen LogP contribution >= 0.6 is 0 Å². The Morgan fingerprint density at radius 2 is 1.53 bits per heavy atom. The van der Waals surface area contributed by atoms with Gasteiger partial charge in [0.2, 0.25) is 0 Å². The minimum atomic E-state index is -0.476. The monoisotopic (exact) mass is 487 g/mol. The van der Waals surface area contributed by atoms with E-state index >= 15 is 0 Å². The van der Waals surface area contributed by atoms with Crippen LogP contribution in [0, 0.1) is 0 Å². The molecule has 0 bridgehead atoms. The number of rotatable bonds is 9. The minimum absolute atomic E-state index is 0.0292. The van der Waals surface area contributed by atoms with Gasteiger partial charge in [0.15, 0.2) is 0 Å². The first-order valence-electron chi connectivity index (χ1n) is 12.9. The molecule has 1 N–H and O–H groups in total. The molecular weight excluding hydrogens is 450 g/mol. The average Bonchev–Trinajstić information content (AvgIpc) is 2.88. The lowest BCUT2D eigenvalue weighted by Crippen LogP contribution is -2.37. The third kappa shape index (κ3) is 7.70. The van der Waals surface area contributed by atoms with Crippen molar-refractivity contribution in [3.8, 4) is 22.5 Å². The van der Waals surface area contributed by atoms with Crippen LogP contribution in [0.25, 0.3) is 22.5 Å². The molecule has 6 heteroatoms. The zero-order valence-electron chi connectivity index (χ0n) is 21.6. The standard InChI is InChI=1S/C30H37N3O3/c1-30(2,3)36-27(34)21-35-26-16-14-24(15-17-26)31-19-18-25-20-32-28(22-10-6-4-7-11-22)29(33-25)23-12-8-5-9-13-23/h4-13,20,24,26,31H,14-19,21H2,1-3H3. The number of carbonyl (C=O) groups is 1. The van der Waals surface area contributed by atoms with Crippen LogP contribution in [0.15, 0.2) is 66.9 Å². The molecule has 0 saturated heterocycles. The summed E-state index contributed by atoms with van der Waals surface area (Å²) in [6.07, 6.45) is 6.81. The van der Waals surface area contributed by atoms with Crippen molar-refractivity contribution < 1.29 is 14.3 Å². The number of hydrogen-bond acceptors (Lipinski definition) is 6. The van der Waals surface area contributed by atoms with E-state index in [-0.39, 0.29) is 18.7 Å². The fourth-order valence-corrected chi connectivity index (χ4v) is 4.55. The van der Waals surface area contributed by atoms with Crippen molar-refractivity contribution in [1.82, 2.24) is 15.3 Å². The highest BCUT2D eigenvalue weighted by molar-refractivity contribution is 5.77. The van der Waals surface area contributed by atoms with Crippen molar-refractivity contribution in [1.29, 1.82) is 0 Å². The molecule has 0 spiro atoms. The first-order valence-corrected chi connectivity index (χ1v) is 12.9. The molecule has 4 rings (SSSR count). The second kappa shape index (κ2) is 12.2. The highest BCUT2D eigenvalue weighted by Crippen LogP contribution is 2.29. The first kappa shape index (κ1) is 26.0. The minimum Gasteiger partial charge on any atom is -0.458 e. The van der Waals surface area contributed by atoms with E-state index in [1.54, 1.807) is 0 Å². The number of nitrogens with one attached hydrogen (secondary N) is 1. The number of esters is 1. The molecule has 3 aromatic rings. The zero-order chi connectivity index (χ0) is 25.4. The summed E-state index contributed by atoms with van der Waals surface area (Å²) in [6, 6.07) is 20.9. The van der Waals surface area contributed by atoms with Crippen molar-refractivity contribution in [3.63, 3.8) is 0 Å². The molecule has 0 unspecified atom stereocenters. The van der Waals surface area contributed by atoms with Crippen molar-refractivity contribution in [2.45, 2.75) is 70.6 Å². The van der Waals surface area contributed by atoms with E-state index < -0.39 is 5.60 Å². The number of carbonyl (C=O) groups excluding carboxylic acids is 1. The highest BCUT2D eigenvalue weighted by Gasteiger charge is 2.23. The lowest BCUT2D eigenvalue weighted by molar-refractivity contribution is -0.162. The van der Waals surface area contributed by atoms with Crippen molar-refractivity contribution >= 4 is 5.97 Å². The summed E-state index contributed by atoms with van der Waals surface area (Å²) < 4.78 is 11.1. The van der Waals surface area contributed by atoms with Crippen LogP contribution < -0.4 is 5.32 Å². The highest BCUT2D eigenvalue weighted by atomic mass is 16.6. The Kier molecular flexibility index (Phi) is 8.83. The Bertz CT molecular complexity index is 1110. The third-order valence-corrected chi connectivity index (χ3v) is 6.26. The summed E-state index contributed by atoms with van der Waals surface area (Å²) in [6.45, 7) is 6.48. The summed E-state index contributed by atoms with van der Waals surface area (Å²) in [5, 5.41) is 3.68. The second-order valence-corrected chi connectivity index (χ2v) is 10.4. The second-order valence-electron chi connectivity index (χ2n) is 10.4. The Morgan fingerprint density at radius 1 is 0.917 bits per heavy atom. The summed E-state index contributed by atoms with van der Waals surface area (Å²) in [5.41, 5.74) is 4.47. The summed E-state index contributed by atoms with van der Waals surface area (Å²) in [7, 11) is 0. The van der Waals surface area contributed by atoms with Gasteiger partial charge in [-0.15, -0.1) is 0 Å². The lowest BCUT2D eigenvalue weighted by Gasteiger charge is -2.29. The number of aromatic nitrogens is 2. The van der Waals surface area contributed by atoms with Gasteiger partial charge in [0.05, 0.1) is 23.2 Å². The predicted molar refractivity (Wildman–Crippen MR) is 142 cm³/mol. The Labute approximate surface area is 214 Å². The van der Waals surface area contributed by atoms with Crippen LogP contribution in [0.4, 0.5) is 0 Å². The summed E-state index contributed by atoms with van der Waals surface area (Å²) >= 11 is 0. The van der Waals surface area contributed by atoms with Gasteiger partial charge in [0, 0.05) is 36.3 Å². The fourth-order valence-electron chi connectivity index (χ4n) is 4.55. The zero-order valence-corrected chi connectivity index (χ0v) is 21.6. The topological polar surface area (TPSA) is 73.3 Å². The molecule has 1 saturated carbocycles. The molecule has 1 heterocycles. The molecule has 0 aliphatic heterocycles. The van der Waals surface area contributed by atoms with Crippen molar-refractivity contribution in [2.24, 2.45) is 0 Å². The van der Waals surface area contributed by atoms with E-state index in [9.17, 15) is 4.79 Å². The summed E-state index contributed by atoms with van der Waals surface area (Å²) in [4.78, 5) is 21.7. The molecule has 1 fully saturated rings. The van der Waals surface area contributed by atoms with E-state index in [4.69, 9.17) is 19.4 Å². The van der Waals surface area contributed by atoms with Gasteiger partial charge in [-0.1, -0.05) is 60.7 Å². The fraction of sp³-hybridized carbons (Fsp3) is 0.433. The Balaban J connectivity index is 1.28. The number of nitrogens with zero attached hydrogens (tertiary/aromatic N) is 2. The SMILES string of the molecule is CC(C)(C)OC(=O)COC1CCC(NCCc2cnc(-c3ccccc3)c(-c3ccccc3)n2)CC1. The van der Waals surface area contributed by atoms with E-state index in [0.29, 0.717) is 6.04 Å². The molecule has 1 aromatic heterocycles. The number of hydrogen-bond donors (Lipinski definition) is 1. The number of benzene rings is 2. The van der Waals surface area contributed by atoms with Gasteiger partial charge in [0.1, 0.15) is 12.2 Å². The Morgan fingerprint density at radius 3 is 2.14 bits per heavy atom. The van der Waals surface area contributed by atoms with E-state index in [1.807, 2.05) is 63.4 Å². The molecule has 1 aliphatic rings. The molecule has 0 atom stereocenters. The quantitative estimate of drug-likeness (QED) is 0.396. The largest absolute Gasteiger partial charge is 0.458 e. The van der Waals surface area contributed by atoms with E-state index in [0.717, 1.165) is 66.9 Å².